The molecular weight excluding hydrogens is 224 g/mol. The van der Waals surface area contributed by atoms with E-state index >= 15 is 0 Å². The van der Waals surface area contributed by atoms with E-state index in [0.717, 1.165) is 0 Å². The number of hydrogen-bond donors (Lipinski definition) is 0. The molecule has 0 aliphatic carbocycles. The standard InChI is InChI=1S/C12H12O5/c1-8(13)16-7-11(15)10-5-3-4-6-12(10)17-9(2)14/h3-6H,7H2,1-2H3. The predicted molar refractivity (Wildman–Crippen MR) is 58.7 cm³/mol. The topological polar surface area (TPSA) is 69.7 Å². The smallest absolute Gasteiger partial charge is 0.308 e. The number of benzene rings is 1. The fraction of sp³-hybridized carbons (Fsp3) is 0.250. The Morgan fingerprint density at radius 2 is 1.71 bits per heavy atom. The van der Waals surface area contributed by atoms with Crippen molar-refractivity contribution in [3.63, 3.8) is 0 Å². The molecule has 0 bridgehead atoms. The van der Waals surface area contributed by atoms with E-state index in [-0.39, 0.29) is 17.9 Å². The second-order valence-corrected chi connectivity index (χ2v) is 3.29. The Labute approximate surface area is 98.3 Å². The monoisotopic (exact) mass is 236 g/mol. The van der Waals surface area contributed by atoms with Crippen LogP contribution in [0.3, 0.4) is 0 Å². The number of para-hydroxylation sites is 1. The van der Waals surface area contributed by atoms with Gasteiger partial charge in [-0.3, -0.25) is 14.4 Å². The average Bonchev–Trinajstić information content (AvgIpc) is 2.25. The van der Waals surface area contributed by atoms with Crippen LogP contribution >= 0.6 is 0 Å². The molecule has 1 aromatic carbocycles. The van der Waals surface area contributed by atoms with Crippen LogP contribution < -0.4 is 4.74 Å². The SMILES string of the molecule is CC(=O)OCC(=O)c1ccccc1OC(C)=O. The highest BCUT2D eigenvalue weighted by Gasteiger charge is 2.14. The number of hydrogen-bond acceptors (Lipinski definition) is 5. The third-order valence-electron chi connectivity index (χ3n) is 1.85. The maximum Gasteiger partial charge on any atom is 0.308 e. The van der Waals surface area contributed by atoms with Gasteiger partial charge in [-0.25, -0.2) is 0 Å². The second-order valence-electron chi connectivity index (χ2n) is 3.29. The van der Waals surface area contributed by atoms with Gasteiger partial charge in [0, 0.05) is 13.8 Å². The van der Waals surface area contributed by atoms with Crippen molar-refractivity contribution in [3.05, 3.63) is 29.8 Å². The van der Waals surface area contributed by atoms with Gasteiger partial charge in [0.1, 0.15) is 5.75 Å². The van der Waals surface area contributed by atoms with E-state index in [9.17, 15) is 14.4 Å². The van der Waals surface area contributed by atoms with Gasteiger partial charge in [0.2, 0.25) is 5.78 Å². The van der Waals surface area contributed by atoms with Gasteiger partial charge in [-0.15, -0.1) is 0 Å². The van der Waals surface area contributed by atoms with E-state index in [2.05, 4.69) is 4.74 Å². The molecule has 0 unspecified atom stereocenters. The van der Waals surface area contributed by atoms with Crippen LogP contribution in [0.25, 0.3) is 0 Å². The minimum Gasteiger partial charge on any atom is -0.457 e. The van der Waals surface area contributed by atoms with Gasteiger partial charge in [0.25, 0.3) is 0 Å². The second kappa shape index (κ2) is 5.79. The van der Waals surface area contributed by atoms with Crippen molar-refractivity contribution in [1.82, 2.24) is 0 Å². The molecule has 17 heavy (non-hydrogen) atoms. The van der Waals surface area contributed by atoms with Gasteiger partial charge in [-0.1, -0.05) is 12.1 Å². The summed E-state index contributed by atoms with van der Waals surface area (Å²) in [7, 11) is 0. The summed E-state index contributed by atoms with van der Waals surface area (Å²) in [6, 6.07) is 6.28. The molecular formula is C12H12O5. The first-order chi connectivity index (χ1) is 8.00. The molecule has 0 radical (unpaired) electrons. The van der Waals surface area contributed by atoms with Crippen molar-refractivity contribution in [3.8, 4) is 5.75 Å². The Bertz CT molecular complexity index is 450. The summed E-state index contributed by atoms with van der Waals surface area (Å²) in [5.41, 5.74) is 0.212. The lowest BCUT2D eigenvalue weighted by atomic mass is 10.1. The van der Waals surface area contributed by atoms with Crippen LogP contribution in [-0.4, -0.2) is 24.3 Å². The summed E-state index contributed by atoms with van der Waals surface area (Å²) in [6.45, 7) is 2.09. The fourth-order valence-corrected chi connectivity index (χ4v) is 1.19. The zero-order valence-electron chi connectivity index (χ0n) is 9.56. The fourth-order valence-electron chi connectivity index (χ4n) is 1.19. The number of ether oxygens (including phenoxy) is 2. The van der Waals surface area contributed by atoms with Crippen molar-refractivity contribution in [1.29, 1.82) is 0 Å². The molecule has 1 aromatic rings. The van der Waals surface area contributed by atoms with Gasteiger partial charge >= 0.3 is 11.9 Å². The van der Waals surface area contributed by atoms with E-state index in [1.807, 2.05) is 0 Å². The Morgan fingerprint density at radius 3 is 2.29 bits per heavy atom. The number of rotatable bonds is 4. The number of carbonyl (C=O) groups excluding carboxylic acids is 3. The molecule has 5 nitrogen and oxygen atoms in total. The third kappa shape index (κ3) is 4.06. The molecule has 1 rings (SSSR count). The number of ketones is 1. The summed E-state index contributed by atoms with van der Waals surface area (Å²) >= 11 is 0. The van der Waals surface area contributed by atoms with Crippen LogP contribution in [0, 0.1) is 0 Å². The molecule has 0 aromatic heterocycles. The molecule has 0 spiro atoms. The van der Waals surface area contributed by atoms with E-state index < -0.39 is 17.7 Å². The van der Waals surface area contributed by atoms with Gasteiger partial charge in [0.15, 0.2) is 6.61 Å². The number of Topliss-reactive ketones (excluding diaryl/α,β-unsaturated/α-hetero) is 1. The Balaban J connectivity index is 2.85. The zero-order chi connectivity index (χ0) is 12.8. The summed E-state index contributed by atoms with van der Waals surface area (Å²) in [5.74, 6) is -1.31. The van der Waals surface area contributed by atoms with Gasteiger partial charge in [-0.05, 0) is 12.1 Å². The number of esters is 2. The van der Waals surface area contributed by atoms with Crippen LogP contribution in [-0.2, 0) is 14.3 Å². The lowest BCUT2D eigenvalue weighted by molar-refractivity contribution is -0.140. The van der Waals surface area contributed by atoms with Crippen molar-refractivity contribution in [2.45, 2.75) is 13.8 Å². The normalized spacial score (nSPS) is 9.53. The molecule has 0 aliphatic rings. The van der Waals surface area contributed by atoms with Crippen molar-refractivity contribution in [2.75, 3.05) is 6.61 Å². The maximum atomic E-state index is 11.7. The van der Waals surface area contributed by atoms with Crippen molar-refractivity contribution < 1.29 is 23.9 Å². The largest absolute Gasteiger partial charge is 0.457 e. The molecule has 0 N–H and O–H groups in total. The Kier molecular flexibility index (Phi) is 4.39. The first-order valence-electron chi connectivity index (χ1n) is 4.94. The van der Waals surface area contributed by atoms with Crippen LogP contribution in [0.2, 0.25) is 0 Å². The van der Waals surface area contributed by atoms with E-state index in [1.165, 1.54) is 26.0 Å². The third-order valence-corrected chi connectivity index (χ3v) is 1.85. The summed E-state index contributed by atoms with van der Waals surface area (Å²) < 4.78 is 9.46. The number of carbonyl (C=O) groups is 3. The lowest BCUT2D eigenvalue weighted by Crippen LogP contribution is -2.14. The molecule has 0 aliphatic heterocycles. The first-order valence-corrected chi connectivity index (χ1v) is 4.94. The highest BCUT2D eigenvalue weighted by atomic mass is 16.5. The Hall–Kier alpha value is -2.17. The minimum atomic E-state index is -0.539. The van der Waals surface area contributed by atoms with Crippen LogP contribution in [0.1, 0.15) is 24.2 Å². The van der Waals surface area contributed by atoms with Crippen molar-refractivity contribution >= 4 is 17.7 Å². The lowest BCUT2D eigenvalue weighted by Gasteiger charge is -2.07. The van der Waals surface area contributed by atoms with E-state index in [1.54, 1.807) is 12.1 Å². The van der Waals surface area contributed by atoms with Gasteiger partial charge < -0.3 is 9.47 Å². The van der Waals surface area contributed by atoms with Gasteiger partial charge in [-0.2, -0.15) is 0 Å². The minimum absolute atomic E-state index is 0.164. The quantitative estimate of drug-likeness (QED) is 0.448. The molecule has 0 heterocycles. The van der Waals surface area contributed by atoms with Crippen LogP contribution in [0.5, 0.6) is 5.75 Å². The van der Waals surface area contributed by atoms with Gasteiger partial charge in [0.05, 0.1) is 5.56 Å². The maximum absolute atomic E-state index is 11.7. The molecule has 0 amide bonds. The summed E-state index contributed by atoms with van der Waals surface area (Å²) in [5, 5.41) is 0. The van der Waals surface area contributed by atoms with Crippen molar-refractivity contribution in [2.24, 2.45) is 0 Å². The predicted octanol–water partition coefficient (Wildman–Crippen LogP) is 1.36. The van der Waals surface area contributed by atoms with E-state index in [0.29, 0.717) is 0 Å². The average molecular weight is 236 g/mol. The zero-order valence-corrected chi connectivity index (χ0v) is 9.56. The molecule has 0 atom stereocenters. The molecule has 5 heteroatoms. The van der Waals surface area contributed by atoms with E-state index in [4.69, 9.17) is 4.74 Å². The van der Waals surface area contributed by atoms with Crippen LogP contribution in [0.4, 0.5) is 0 Å². The van der Waals surface area contributed by atoms with Crippen LogP contribution in [0.15, 0.2) is 24.3 Å². The summed E-state index contributed by atoms with van der Waals surface area (Å²) in [6.07, 6.45) is 0. The molecule has 90 valence electrons. The Morgan fingerprint density at radius 1 is 1.06 bits per heavy atom. The molecule has 0 fully saturated rings. The molecule has 0 saturated carbocycles. The highest BCUT2D eigenvalue weighted by molar-refractivity contribution is 6.00. The highest BCUT2D eigenvalue weighted by Crippen LogP contribution is 2.18. The first kappa shape index (κ1) is 12.9. The summed E-state index contributed by atoms with van der Waals surface area (Å²) in [4.78, 5) is 33.1. The molecule has 0 saturated heterocycles.